The van der Waals surface area contributed by atoms with Gasteiger partial charge in [0.25, 0.3) is 0 Å². The van der Waals surface area contributed by atoms with Gasteiger partial charge in [-0.3, -0.25) is 4.90 Å². The van der Waals surface area contributed by atoms with Crippen molar-refractivity contribution in [2.75, 3.05) is 58.3 Å². The lowest BCUT2D eigenvalue weighted by Gasteiger charge is -2.38. The van der Waals surface area contributed by atoms with Crippen LogP contribution in [0.3, 0.4) is 0 Å². The van der Waals surface area contributed by atoms with Crippen LogP contribution in [0.5, 0.6) is 0 Å². The maximum absolute atomic E-state index is 13.4. The molecule has 0 bridgehead atoms. The molecule has 0 unspecified atom stereocenters. The topological polar surface area (TPSA) is 55.9 Å². The first-order valence-electron chi connectivity index (χ1n) is 11.7. The Morgan fingerprint density at radius 1 is 0.909 bits per heavy atom. The van der Waals surface area contributed by atoms with Crippen LogP contribution in [0.4, 0.5) is 5.69 Å². The van der Waals surface area contributed by atoms with E-state index in [-0.39, 0.29) is 6.04 Å². The van der Waals surface area contributed by atoms with E-state index < -0.39 is 10.0 Å². The van der Waals surface area contributed by atoms with Crippen molar-refractivity contribution in [2.45, 2.75) is 17.4 Å². The maximum Gasteiger partial charge on any atom is 0.241 e. The van der Waals surface area contributed by atoms with Crippen molar-refractivity contribution in [2.24, 2.45) is 0 Å². The molecule has 7 heteroatoms. The lowest BCUT2D eigenvalue weighted by atomic mass is 10.0. The zero-order valence-electron chi connectivity index (χ0n) is 19.4. The van der Waals surface area contributed by atoms with Crippen LogP contribution < -0.4 is 9.62 Å². The molecular weight excluding hydrogens is 432 g/mol. The molecule has 0 aromatic heterocycles. The molecule has 2 heterocycles. The molecule has 1 saturated heterocycles. The van der Waals surface area contributed by atoms with Crippen molar-refractivity contribution < 1.29 is 8.42 Å². The fourth-order valence-electron chi connectivity index (χ4n) is 5.08. The third kappa shape index (κ3) is 4.51. The molecule has 1 N–H and O–H groups in total. The number of fused-ring (bicyclic) bond motifs is 2. The summed E-state index contributed by atoms with van der Waals surface area (Å²) in [6, 6.07) is 19.7. The van der Waals surface area contributed by atoms with Gasteiger partial charge in [0.05, 0.1) is 4.90 Å². The smallest absolute Gasteiger partial charge is 0.241 e. The minimum Gasteiger partial charge on any atom is -0.374 e. The number of nitrogens with zero attached hydrogens (tertiary/aromatic N) is 3. The van der Waals surface area contributed by atoms with Crippen molar-refractivity contribution in [3.05, 3.63) is 71.8 Å². The van der Waals surface area contributed by atoms with Crippen LogP contribution in [0.2, 0.25) is 0 Å². The van der Waals surface area contributed by atoms with Gasteiger partial charge in [0.15, 0.2) is 0 Å². The van der Waals surface area contributed by atoms with Gasteiger partial charge in [-0.25, -0.2) is 13.1 Å². The third-order valence-electron chi connectivity index (χ3n) is 7.10. The van der Waals surface area contributed by atoms with E-state index in [1.807, 2.05) is 36.4 Å². The molecule has 6 nitrogen and oxygen atoms in total. The third-order valence-corrected chi connectivity index (χ3v) is 8.58. The molecule has 3 aromatic rings. The summed E-state index contributed by atoms with van der Waals surface area (Å²) in [4.78, 5) is 7.37. The fourth-order valence-corrected chi connectivity index (χ4v) is 6.35. The number of piperazine rings is 1. The lowest BCUT2D eigenvalue weighted by Crippen LogP contribution is -2.48. The van der Waals surface area contributed by atoms with Crippen LogP contribution >= 0.6 is 0 Å². The molecule has 0 spiro atoms. The van der Waals surface area contributed by atoms with E-state index in [1.165, 1.54) is 16.8 Å². The summed E-state index contributed by atoms with van der Waals surface area (Å²) in [5.74, 6) is 0. The summed E-state index contributed by atoms with van der Waals surface area (Å²) < 4.78 is 29.8. The number of rotatable bonds is 6. The van der Waals surface area contributed by atoms with Gasteiger partial charge in [-0.1, -0.05) is 48.5 Å². The first kappa shape index (κ1) is 22.3. The molecule has 0 radical (unpaired) electrons. The molecule has 33 heavy (non-hydrogen) atoms. The quantitative estimate of drug-likeness (QED) is 0.608. The largest absolute Gasteiger partial charge is 0.374 e. The van der Waals surface area contributed by atoms with E-state index in [2.05, 4.69) is 51.7 Å². The summed E-state index contributed by atoms with van der Waals surface area (Å²) in [5.41, 5.74) is 3.83. The number of sulfonamides is 1. The van der Waals surface area contributed by atoms with Crippen LogP contribution in [-0.4, -0.2) is 71.6 Å². The Labute approximate surface area is 196 Å². The van der Waals surface area contributed by atoms with Gasteiger partial charge >= 0.3 is 0 Å². The molecule has 174 valence electrons. The molecule has 3 aromatic carbocycles. The van der Waals surface area contributed by atoms with E-state index >= 15 is 0 Å². The van der Waals surface area contributed by atoms with Gasteiger partial charge in [-0.2, -0.15) is 0 Å². The van der Waals surface area contributed by atoms with Crippen molar-refractivity contribution in [1.82, 2.24) is 14.5 Å². The van der Waals surface area contributed by atoms with Gasteiger partial charge in [0.2, 0.25) is 10.0 Å². The predicted molar refractivity (Wildman–Crippen MR) is 134 cm³/mol. The standard InChI is InChI=1S/C26H32N4O2S/c1-28-14-16-30(17-15-28)25(21-10-11-24-22(18-21)12-13-29(24)2)19-27-33(31,32)26-9-5-7-20-6-3-4-8-23(20)26/h3-11,18,25,27H,12-17,19H2,1-2H3/t25-/m0/s1. The highest BCUT2D eigenvalue weighted by atomic mass is 32.2. The number of nitrogens with one attached hydrogen (secondary N) is 1. The number of anilines is 1. The summed E-state index contributed by atoms with van der Waals surface area (Å²) in [6.45, 7) is 5.21. The van der Waals surface area contributed by atoms with Crippen LogP contribution in [-0.2, 0) is 16.4 Å². The second-order valence-electron chi connectivity index (χ2n) is 9.24. The Balaban J connectivity index is 1.44. The number of benzene rings is 3. The monoisotopic (exact) mass is 464 g/mol. The van der Waals surface area contributed by atoms with Crippen LogP contribution in [0.15, 0.2) is 65.6 Å². The van der Waals surface area contributed by atoms with Crippen LogP contribution in [0.25, 0.3) is 10.8 Å². The zero-order valence-corrected chi connectivity index (χ0v) is 20.2. The van der Waals surface area contributed by atoms with E-state index in [0.717, 1.165) is 49.9 Å². The SMILES string of the molecule is CN1CCN([C@@H](CNS(=O)(=O)c2cccc3ccccc23)c2ccc3c(c2)CCN3C)CC1. The lowest BCUT2D eigenvalue weighted by molar-refractivity contribution is 0.113. The van der Waals surface area contributed by atoms with Crippen molar-refractivity contribution in [1.29, 1.82) is 0 Å². The number of likely N-dealkylation sites (N-methyl/N-ethyl adjacent to an activating group) is 2. The van der Waals surface area contributed by atoms with E-state index in [9.17, 15) is 8.42 Å². The van der Waals surface area contributed by atoms with Crippen molar-refractivity contribution in [3.8, 4) is 0 Å². The second-order valence-corrected chi connectivity index (χ2v) is 11.0. The average Bonchev–Trinajstić information content (AvgIpc) is 3.20. The second kappa shape index (κ2) is 9.06. The molecule has 0 saturated carbocycles. The maximum atomic E-state index is 13.4. The fraction of sp³-hybridized carbons (Fsp3) is 0.385. The van der Waals surface area contributed by atoms with E-state index in [4.69, 9.17) is 0 Å². The Hall–Kier alpha value is -2.45. The van der Waals surface area contributed by atoms with E-state index in [0.29, 0.717) is 11.4 Å². The summed E-state index contributed by atoms with van der Waals surface area (Å²) >= 11 is 0. The number of hydrogen-bond donors (Lipinski definition) is 1. The Bertz CT molecular complexity index is 1250. The molecule has 0 amide bonds. The van der Waals surface area contributed by atoms with Gasteiger partial charge in [0, 0.05) is 63.4 Å². The summed E-state index contributed by atoms with van der Waals surface area (Å²) in [5, 5.41) is 1.68. The average molecular weight is 465 g/mol. The first-order valence-corrected chi connectivity index (χ1v) is 13.1. The molecule has 0 aliphatic carbocycles. The minimum absolute atomic E-state index is 0.000317. The molecule has 5 rings (SSSR count). The Kier molecular flexibility index (Phi) is 6.14. The minimum atomic E-state index is -3.65. The Morgan fingerprint density at radius 2 is 1.67 bits per heavy atom. The highest BCUT2D eigenvalue weighted by molar-refractivity contribution is 7.89. The number of hydrogen-bond acceptors (Lipinski definition) is 5. The van der Waals surface area contributed by atoms with E-state index in [1.54, 1.807) is 6.07 Å². The summed E-state index contributed by atoms with van der Waals surface area (Å²) in [7, 11) is 0.611. The molecule has 2 aliphatic heterocycles. The highest BCUT2D eigenvalue weighted by Crippen LogP contribution is 2.32. The van der Waals surface area contributed by atoms with Gasteiger partial charge in [0.1, 0.15) is 0 Å². The molecule has 2 aliphatic rings. The molecule has 1 atom stereocenters. The van der Waals surface area contributed by atoms with Gasteiger partial charge < -0.3 is 9.80 Å². The first-order chi connectivity index (χ1) is 15.9. The summed E-state index contributed by atoms with van der Waals surface area (Å²) in [6.07, 6.45) is 1.04. The van der Waals surface area contributed by atoms with Gasteiger partial charge in [-0.05, 0) is 42.1 Å². The zero-order chi connectivity index (χ0) is 23.0. The molecule has 1 fully saturated rings. The molecular formula is C26H32N4O2S. The normalized spacial score (nSPS) is 18.5. The van der Waals surface area contributed by atoms with Crippen molar-refractivity contribution in [3.63, 3.8) is 0 Å². The van der Waals surface area contributed by atoms with Crippen molar-refractivity contribution >= 4 is 26.5 Å². The van der Waals surface area contributed by atoms with Crippen LogP contribution in [0.1, 0.15) is 17.2 Å². The van der Waals surface area contributed by atoms with Crippen LogP contribution in [0, 0.1) is 0 Å². The highest BCUT2D eigenvalue weighted by Gasteiger charge is 2.28. The van der Waals surface area contributed by atoms with Gasteiger partial charge in [-0.15, -0.1) is 0 Å². The predicted octanol–water partition coefficient (Wildman–Crippen LogP) is 3.10. The Morgan fingerprint density at radius 3 is 2.48 bits per heavy atom.